The summed E-state index contributed by atoms with van der Waals surface area (Å²) in [7, 11) is 0. The first-order chi connectivity index (χ1) is 56.8. The van der Waals surface area contributed by atoms with Crippen molar-refractivity contribution in [1.29, 1.82) is 21.0 Å². The number of aromatic nitrogens is 10. The van der Waals surface area contributed by atoms with Crippen LogP contribution in [0.5, 0.6) is 0 Å². The number of halogens is 2. The number of carbonyl (C=O) groups excluding carboxylic acids is 1. The predicted molar refractivity (Wildman–Crippen MR) is 504 cm³/mol. The highest BCUT2D eigenvalue weighted by molar-refractivity contribution is 7.13. The Morgan fingerprint density at radius 3 is 1.49 bits per heavy atom. The van der Waals surface area contributed by atoms with Crippen molar-refractivity contribution < 1.29 is 32.4 Å². The first kappa shape index (κ1) is 112. The van der Waals surface area contributed by atoms with E-state index in [0.29, 0.717) is 92.6 Å². The van der Waals surface area contributed by atoms with Crippen LogP contribution in [0.1, 0.15) is 350 Å². The average Bonchev–Trinajstić information content (AvgIpc) is 1.64. The number of ketones is 1. The number of fused-ring (bicyclic) bond motifs is 1. The lowest BCUT2D eigenvalue weighted by Crippen LogP contribution is -2.29. The SMILES string of the molecule is CC(C)(C)C1CO1.CC(C)(C)CCC(=O)C1=CCC1.CC(C)(C)c1cnc(C#N)o1.CC(C)(C)c1nnc(C#N)o1.CC(C)(C)c1noc(C#N)n1.CC(C)(C)n1sc2ccccc2c1=O.CC(C)C1CCN(C#N)C1.CC(C)C1OC1C(C)(C)C.CC(C)c1ccc(Cl)nc1.CC(C)c1cnccc1Cl.CC1OC1C(C)(C)C.Cc1nc(C(C)(C)C)ns1. The fourth-order valence-corrected chi connectivity index (χ4v) is 13.1. The van der Waals surface area contributed by atoms with E-state index in [4.69, 9.17) is 67.3 Å². The molecule has 0 saturated carbocycles. The van der Waals surface area contributed by atoms with Crippen LogP contribution in [0.25, 0.3) is 10.1 Å². The van der Waals surface area contributed by atoms with Crippen LogP contribution in [0.4, 0.5) is 0 Å². The summed E-state index contributed by atoms with van der Waals surface area (Å²) >= 11 is 14.5. The van der Waals surface area contributed by atoms with Crippen LogP contribution < -0.4 is 5.56 Å². The summed E-state index contributed by atoms with van der Waals surface area (Å²) in [5.74, 6) is 6.47. The summed E-state index contributed by atoms with van der Waals surface area (Å²) in [5.41, 5.74) is 4.49. The van der Waals surface area contributed by atoms with E-state index < -0.39 is 0 Å². The molecular formula is C97H149Cl2N15O8S2. The van der Waals surface area contributed by atoms with E-state index in [2.05, 4.69) is 228 Å². The molecule has 11 heterocycles. The maximum Gasteiger partial charge on any atom is 0.329 e. The zero-order valence-electron chi connectivity index (χ0n) is 81.9. The van der Waals surface area contributed by atoms with E-state index in [-0.39, 0.29) is 50.4 Å². The molecule has 13 rings (SSSR count). The van der Waals surface area contributed by atoms with Gasteiger partial charge in [0.2, 0.25) is 5.89 Å². The second-order valence-corrected chi connectivity index (χ2v) is 45.1. The molecule has 4 saturated heterocycles. The number of allylic oxidation sites excluding steroid dienone is 2. The Morgan fingerprint density at radius 1 is 0.637 bits per heavy atom. The monoisotopic (exact) mass is 1790 g/mol. The number of aryl methyl sites for hydroxylation is 1. The van der Waals surface area contributed by atoms with E-state index in [1.165, 1.54) is 35.0 Å². The molecule has 0 spiro atoms. The van der Waals surface area contributed by atoms with Crippen LogP contribution >= 0.6 is 46.3 Å². The summed E-state index contributed by atoms with van der Waals surface area (Å²) in [6.07, 6.45) is 18.8. The summed E-state index contributed by atoms with van der Waals surface area (Å²) in [6.45, 7) is 81.1. The molecule has 5 aliphatic rings. The normalized spacial score (nSPS) is 17.4. The highest BCUT2D eigenvalue weighted by Gasteiger charge is 2.48. The largest absolute Gasteiger partial charge is 0.433 e. The molecule has 0 N–H and O–H groups in total. The van der Waals surface area contributed by atoms with E-state index in [1.54, 1.807) is 24.5 Å². The molecule has 4 fully saturated rings. The van der Waals surface area contributed by atoms with Gasteiger partial charge in [-0.1, -0.05) is 291 Å². The summed E-state index contributed by atoms with van der Waals surface area (Å²) < 4.78 is 37.8. The van der Waals surface area contributed by atoms with Crippen LogP contribution in [-0.2, 0) is 46.2 Å². The maximum absolute atomic E-state index is 11.9. The Kier molecular flexibility index (Phi) is 44.5. The van der Waals surface area contributed by atoms with Gasteiger partial charge in [0.15, 0.2) is 36.0 Å². The smallest absolute Gasteiger partial charge is 0.329 e. The molecule has 686 valence electrons. The molecule has 6 atom stereocenters. The Labute approximate surface area is 762 Å². The second kappa shape index (κ2) is 49.3. The number of hydrogen-bond donors (Lipinski definition) is 0. The van der Waals surface area contributed by atoms with Gasteiger partial charge in [0.05, 0.1) is 58.9 Å². The fraction of sp³-hybridized carbons (Fsp3) is 0.660. The summed E-state index contributed by atoms with van der Waals surface area (Å²) in [5, 5.41) is 47.8. The molecule has 1 aromatic carbocycles. The van der Waals surface area contributed by atoms with Gasteiger partial charge in [-0.25, -0.2) is 15.0 Å². The highest BCUT2D eigenvalue weighted by atomic mass is 35.5. The molecule has 4 aliphatic heterocycles. The van der Waals surface area contributed by atoms with Gasteiger partial charge in [-0.2, -0.15) is 30.4 Å². The van der Waals surface area contributed by atoms with E-state index in [0.717, 1.165) is 100 Å². The zero-order chi connectivity index (χ0) is 95.2. The van der Waals surface area contributed by atoms with Gasteiger partial charge in [-0.3, -0.25) is 18.5 Å². The molecule has 27 heteroatoms. The van der Waals surface area contributed by atoms with Gasteiger partial charge in [0.1, 0.15) is 21.7 Å². The topological polar surface area (TPSA) is 330 Å². The first-order valence-electron chi connectivity index (χ1n) is 43.1. The Bertz CT molecular complexity index is 4610. The number of benzene rings is 1. The van der Waals surface area contributed by atoms with Crippen molar-refractivity contribution >= 4 is 62.1 Å². The second-order valence-electron chi connectivity index (χ2n) is 42.4. The minimum atomic E-state index is -0.178. The zero-order valence-corrected chi connectivity index (χ0v) is 85.1. The lowest BCUT2D eigenvalue weighted by atomic mass is 9.86. The van der Waals surface area contributed by atoms with E-state index >= 15 is 0 Å². The van der Waals surface area contributed by atoms with Crippen molar-refractivity contribution in [1.82, 2.24) is 53.5 Å². The lowest BCUT2D eigenvalue weighted by molar-refractivity contribution is -0.116. The number of carbonyl (C=O) groups is 1. The minimum absolute atomic E-state index is 0.0231. The lowest BCUT2D eigenvalue weighted by Gasteiger charge is -2.19. The molecule has 23 nitrogen and oxygen atoms in total. The third-order valence-electron chi connectivity index (χ3n) is 19.3. The number of likely N-dealkylation sites (tertiary alicyclic amines) is 1. The molecule has 7 aromatic heterocycles. The van der Waals surface area contributed by atoms with Gasteiger partial charge in [0, 0.05) is 64.8 Å². The van der Waals surface area contributed by atoms with Gasteiger partial charge >= 0.3 is 17.7 Å². The molecule has 0 amide bonds. The third kappa shape index (κ3) is 42.9. The standard InChI is InChI=1S/C11H13NOS.C11H18O.C9H18O.2C8H10ClN.C8H10N2O.C8H14N2.2C7H9N3O.C7H12N2S.C7H14O.C6H12O/c1-11(2,3)12-10(13)8-6-4-5-7-9(8)14-12;1-11(2,3)8-7-10(12)9-5-4-6-9;1-6(2)7-8(10-7)9(3,4)5;1-6(2)7-5-10-4-3-8(7)9;1-6(2)7-3-4-8(9)10-5-7;1-8(2,3)6-5-10-7(4-9)11-6;1-7(2)8-3-4-10(5-8)6-9;1-7(2,3)6-10-9-5(4-8)11-6;1-7(2,3)6-9-5(4-8)11-10-6;1-5-8-6(9-10-5)7(2,3)4;1-5-6(8-5)7(2,3)4;1-6(2,3)5-4-7-5/h4-7H,1-3H3;5H,4,6-8H2,1-3H3;6-8H,1-5H3;2*3-6H,1-2H3;5H,1-3H3;7-8H,3-5H2,1-2H3;2*1-3H3;1-4H3;5-6H,1-4H3;5H,4H2,1-3H3. The van der Waals surface area contributed by atoms with Crippen LogP contribution in [0.2, 0.25) is 10.2 Å². The van der Waals surface area contributed by atoms with Gasteiger partial charge < -0.3 is 32.5 Å². The third-order valence-corrected chi connectivity index (χ3v) is 21.9. The van der Waals surface area contributed by atoms with Crippen LogP contribution in [0.3, 0.4) is 0 Å². The summed E-state index contributed by atoms with van der Waals surface area (Å²) in [4.78, 5) is 45.1. The molecule has 124 heavy (non-hydrogen) atoms. The first-order valence-corrected chi connectivity index (χ1v) is 45.4. The number of nitriles is 4. The van der Waals surface area contributed by atoms with Gasteiger partial charge in [0.25, 0.3) is 5.56 Å². The van der Waals surface area contributed by atoms with Crippen LogP contribution in [-0.4, -0.2) is 110 Å². The van der Waals surface area contributed by atoms with Crippen LogP contribution in [0, 0.1) is 91.8 Å². The molecule has 1 aliphatic carbocycles. The highest BCUT2D eigenvalue weighted by Crippen LogP contribution is 2.42. The number of nitrogens with zero attached hydrogens (tertiary/aromatic N) is 15. The number of pyridine rings is 2. The van der Waals surface area contributed by atoms with Gasteiger partial charge in [-0.15, -0.1) is 5.10 Å². The van der Waals surface area contributed by atoms with E-state index in [1.807, 2.05) is 160 Å². The number of hydrogen-bond acceptors (Lipinski definition) is 24. The Balaban J connectivity index is 0.000000460. The van der Waals surface area contributed by atoms with E-state index in [9.17, 15) is 9.59 Å². The summed E-state index contributed by atoms with van der Waals surface area (Å²) in [6, 6.07) is 18.8. The van der Waals surface area contributed by atoms with Crippen molar-refractivity contribution in [2.45, 2.75) is 358 Å². The number of Topliss-reactive ketones (excluding diaryl/α,β-unsaturated/α-hetero) is 1. The fourth-order valence-electron chi connectivity index (χ4n) is 11.0. The Hall–Kier alpha value is -8.11. The van der Waals surface area contributed by atoms with Crippen molar-refractivity contribution in [3.63, 3.8) is 0 Å². The van der Waals surface area contributed by atoms with Crippen molar-refractivity contribution in [2.75, 3.05) is 19.7 Å². The molecule has 0 bridgehead atoms. The van der Waals surface area contributed by atoms with Crippen molar-refractivity contribution in [3.05, 3.63) is 157 Å². The number of ether oxygens (including phenoxy) is 3. The molecule has 6 unspecified atom stereocenters. The number of epoxide rings is 3. The minimum Gasteiger partial charge on any atom is -0.433 e. The predicted octanol–water partition coefficient (Wildman–Crippen LogP) is 25.3. The average molecular weight is 1790 g/mol. The number of oxazole rings is 1. The number of rotatable bonds is 7. The molecular weight excluding hydrogens is 1640 g/mol. The quantitative estimate of drug-likeness (QED) is 0.0812. The van der Waals surface area contributed by atoms with Crippen LogP contribution in [0.15, 0.2) is 97.1 Å². The molecule has 8 aromatic rings. The van der Waals surface area contributed by atoms with Crippen molar-refractivity contribution in [3.8, 4) is 24.4 Å². The van der Waals surface area contributed by atoms with Gasteiger partial charge in [-0.05, 0) is 164 Å². The molecule has 0 radical (unpaired) electrons. The maximum atomic E-state index is 11.9. The van der Waals surface area contributed by atoms with Crippen molar-refractivity contribution in [2.24, 2.45) is 39.4 Å². The Morgan fingerprint density at radius 2 is 1.21 bits per heavy atom.